The molecule has 6 heteroatoms. The predicted octanol–water partition coefficient (Wildman–Crippen LogP) is 1.40. The van der Waals surface area contributed by atoms with E-state index >= 15 is 0 Å². The van der Waals surface area contributed by atoms with Crippen molar-refractivity contribution in [2.24, 2.45) is 5.41 Å². The SMILES string of the molecule is CC(C)(CC(=O)NCC(O)c1ccsc1)C(=O)O. The number of thiophene rings is 1. The maximum atomic E-state index is 11.6. The van der Waals surface area contributed by atoms with E-state index in [0.29, 0.717) is 0 Å². The monoisotopic (exact) mass is 271 g/mol. The summed E-state index contributed by atoms with van der Waals surface area (Å²) in [4.78, 5) is 22.4. The number of amides is 1. The van der Waals surface area contributed by atoms with E-state index in [1.54, 1.807) is 11.4 Å². The van der Waals surface area contributed by atoms with Gasteiger partial charge in [-0.25, -0.2) is 0 Å². The molecule has 5 nitrogen and oxygen atoms in total. The van der Waals surface area contributed by atoms with E-state index in [1.807, 2.05) is 5.38 Å². The maximum Gasteiger partial charge on any atom is 0.309 e. The molecule has 0 saturated carbocycles. The molecule has 0 aromatic carbocycles. The molecular weight excluding hydrogens is 254 g/mol. The van der Waals surface area contributed by atoms with Crippen molar-refractivity contribution in [3.05, 3.63) is 22.4 Å². The molecule has 0 bridgehead atoms. The number of carboxylic acid groups (broad SMARTS) is 1. The van der Waals surface area contributed by atoms with Gasteiger partial charge in [-0.2, -0.15) is 11.3 Å². The Balaban J connectivity index is 2.40. The molecule has 0 saturated heterocycles. The largest absolute Gasteiger partial charge is 0.481 e. The summed E-state index contributed by atoms with van der Waals surface area (Å²) in [6.07, 6.45) is -0.869. The van der Waals surface area contributed by atoms with Gasteiger partial charge in [0.1, 0.15) is 0 Å². The summed E-state index contributed by atoms with van der Waals surface area (Å²) in [6, 6.07) is 1.78. The van der Waals surface area contributed by atoms with Gasteiger partial charge in [-0.15, -0.1) is 0 Å². The van der Waals surface area contributed by atoms with Crippen molar-refractivity contribution in [2.45, 2.75) is 26.4 Å². The van der Waals surface area contributed by atoms with Crippen LogP contribution in [0.25, 0.3) is 0 Å². The standard InChI is InChI=1S/C12H17NO4S/c1-12(2,11(16)17)5-10(15)13-6-9(14)8-3-4-18-7-8/h3-4,7,9,14H,5-6H2,1-2H3,(H,13,15)(H,16,17). The summed E-state index contributed by atoms with van der Waals surface area (Å²) in [7, 11) is 0. The lowest BCUT2D eigenvalue weighted by Crippen LogP contribution is -2.35. The Labute approximate surface area is 109 Å². The van der Waals surface area contributed by atoms with E-state index in [4.69, 9.17) is 5.11 Å². The first-order valence-electron chi connectivity index (χ1n) is 5.53. The third-order valence-electron chi connectivity index (χ3n) is 2.60. The molecule has 1 heterocycles. The fourth-order valence-electron chi connectivity index (χ4n) is 1.33. The van der Waals surface area contributed by atoms with Crippen LogP contribution in [-0.2, 0) is 9.59 Å². The van der Waals surface area contributed by atoms with Gasteiger partial charge in [-0.05, 0) is 36.2 Å². The molecular formula is C12H17NO4S. The molecule has 1 aromatic heterocycles. The highest BCUT2D eigenvalue weighted by molar-refractivity contribution is 7.07. The molecule has 0 fully saturated rings. The number of hydrogen-bond acceptors (Lipinski definition) is 4. The van der Waals surface area contributed by atoms with Crippen LogP contribution in [0, 0.1) is 5.41 Å². The molecule has 0 aliphatic carbocycles. The lowest BCUT2D eigenvalue weighted by Gasteiger charge is -2.19. The third-order valence-corrected chi connectivity index (χ3v) is 3.30. The number of hydrogen-bond donors (Lipinski definition) is 3. The van der Waals surface area contributed by atoms with Gasteiger partial charge in [-0.1, -0.05) is 0 Å². The van der Waals surface area contributed by atoms with Crippen LogP contribution in [0.4, 0.5) is 0 Å². The summed E-state index contributed by atoms with van der Waals surface area (Å²) < 4.78 is 0. The number of carboxylic acids is 1. The van der Waals surface area contributed by atoms with Gasteiger partial charge in [0.25, 0.3) is 0 Å². The molecule has 0 spiro atoms. The average Bonchev–Trinajstić information content (AvgIpc) is 2.78. The molecule has 0 aliphatic rings. The van der Waals surface area contributed by atoms with Crippen molar-refractivity contribution >= 4 is 23.2 Å². The van der Waals surface area contributed by atoms with Crippen LogP contribution in [0.15, 0.2) is 16.8 Å². The molecule has 18 heavy (non-hydrogen) atoms. The van der Waals surface area contributed by atoms with Crippen molar-refractivity contribution in [2.75, 3.05) is 6.54 Å². The van der Waals surface area contributed by atoms with E-state index in [2.05, 4.69) is 5.32 Å². The van der Waals surface area contributed by atoms with Crippen molar-refractivity contribution in [3.8, 4) is 0 Å². The first-order chi connectivity index (χ1) is 8.33. The van der Waals surface area contributed by atoms with Crippen molar-refractivity contribution in [1.29, 1.82) is 0 Å². The molecule has 0 aliphatic heterocycles. The summed E-state index contributed by atoms with van der Waals surface area (Å²) >= 11 is 1.47. The summed E-state index contributed by atoms with van der Waals surface area (Å²) in [5, 5.41) is 24.8. The highest BCUT2D eigenvalue weighted by Crippen LogP contribution is 2.20. The van der Waals surface area contributed by atoms with Gasteiger partial charge in [0.05, 0.1) is 11.5 Å². The van der Waals surface area contributed by atoms with Gasteiger partial charge >= 0.3 is 5.97 Å². The molecule has 1 aromatic rings. The Morgan fingerprint density at radius 3 is 2.67 bits per heavy atom. The summed E-state index contributed by atoms with van der Waals surface area (Å²) in [6.45, 7) is 3.07. The Kier molecular flexibility index (Phi) is 4.86. The Bertz CT molecular complexity index is 414. The van der Waals surface area contributed by atoms with Crippen LogP contribution < -0.4 is 5.32 Å². The lowest BCUT2D eigenvalue weighted by molar-refractivity contribution is -0.149. The average molecular weight is 271 g/mol. The van der Waals surface area contributed by atoms with Gasteiger partial charge < -0.3 is 15.5 Å². The Morgan fingerprint density at radius 2 is 2.17 bits per heavy atom. The fraction of sp³-hybridized carbons (Fsp3) is 0.500. The zero-order valence-corrected chi connectivity index (χ0v) is 11.2. The topological polar surface area (TPSA) is 86.6 Å². The number of carbonyl (C=O) groups is 2. The van der Waals surface area contributed by atoms with Gasteiger partial charge in [-0.3, -0.25) is 9.59 Å². The lowest BCUT2D eigenvalue weighted by atomic mass is 9.89. The highest BCUT2D eigenvalue weighted by atomic mass is 32.1. The summed E-state index contributed by atoms with van der Waals surface area (Å²) in [5.74, 6) is -1.40. The predicted molar refractivity (Wildman–Crippen MR) is 68.3 cm³/mol. The number of aliphatic hydroxyl groups is 1. The minimum atomic E-state index is -1.10. The Hall–Kier alpha value is -1.40. The van der Waals surface area contributed by atoms with Crippen LogP contribution in [0.2, 0.25) is 0 Å². The second kappa shape index (κ2) is 5.97. The van der Waals surface area contributed by atoms with Crippen molar-refractivity contribution < 1.29 is 19.8 Å². The van der Waals surface area contributed by atoms with Crippen LogP contribution in [0.5, 0.6) is 0 Å². The van der Waals surface area contributed by atoms with Crippen LogP contribution >= 0.6 is 11.3 Å². The number of nitrogens with one attached hydrogen (secondary N) is 1. The maximum absolute atomic E-state index is 11.6. The van der Waals surface area contributed by atoms with E-state index in [1.165, 1.54) is 25.2 Å². The molecule has 1 rings (SSSR count). The number of aliphatic carboxylic acids is 1. The molecule has 0 radical (unpaired) electrons. The fourth-order valence-corrected chi connectivity index (χ4v) is 2.04. The first kappa shape index (κ1) is 14.7. The highest BCUT2D eigenvalue weighted by Gasteiger charge is 2.30. The smallest absolute Gasteiger partial charge is 0.309 e. The number of carbonyl (C=O) groups excluding carboxylic acids is 1. The third kappa shape index (κ3) is 4.12. The van der Waals surface area contributed by atoms with Gasteiger partial charge in [0, 0.05) is 13.0 Å². The Morgan fingerprint density at radius 1 is 1.50 bits per heavy atom. The number of rotatable bonds is 6. The van der Waals surface area contributed by atoms with Gasteiger partial charge in [0.2, 0.25) is 5.91 Å². The van der Waals surface area contributed by atoms with Gasteiger partial charge in [0.15, 0.2) is 0 Å². The molecule has 100 valence electrons. The zero-order chi connectivity index (χ0) is 13.8. The van der Waals surface area contributed by atoms with Crippen LogP contribution in [0.3, 0.4) is 0 Å². The van der Waals surface area contributed by atoms with E-state index < -0.39 is 17.5 Å². The number of aliphatic hydroxyl groups excluding tert-OH is 1. The molecule has 3 N–H and O–H groups in total. The van der Waals surface area contributed by atoms with Crippen molar-refractivity contribution in [1.82, 2.24) is 5.32 Å². The summed E-state index contributed by atoms with van der Waals surface area (Å²) in [5.41, 5.74) is -0.352. The molecule has 1 unspecified atom stereocenters. The normalized spacial score (nSPS) is 13.1. The van der Waals surface area contributed by atoms with Crippen molar-refractivity contribution in [3.63, 3.8) is 0 Å². The van der Waals surface area contributed by atoms with E-state index in [0.717, 1.165) is 5.56 Å². The first-order valence-corrected chi connectivity index (χ1v) is 6.47. The van der Waals surface area contributed by atoms with Crippen LogP contribution in [0.1, 0.15) is 31.9 Å². The molecule has 1 atom stereocenters. The zero-order valence-electron chi connectivity index (χ0n) is 10.3. The minimum Gasteiger partial charge on any atom is -0.481 e. The second-order valence-electron chi connectivity index (χ2n) is 4.74. The van der Waals surface area contributed by atoms with Crippen LogP contribution in [-0.4, -0.2) is 28.6 Å². The quantitative estimate of drug-likeness (QED) is 0.730. The second-order valence-corrected chi connectivity index (χ2v) is 5.52. The molecule has 1 amide bonds. The van der Waals surface area contributed by atoms with E-state index in [9.17, 15) is 14.7 Å². The minimum absolute atomic E-state index is 0.0886. The van der Waals surface area contributed by atoms with E-state index in [-0.39, 0.29) is 18.9 Å².